The summed E-state index contributed by atoms with van der Waals surface area (Å²) in [6, 6.07) is 39.8. The van der Waals surface area contributed by atoms with Crippen molar-refractivity contribution in [3.63, 3.8) is 0 Å². The zero-order valence-electron chi connectivity index (χ0n) is 20.3. The summed E-state index contributed by atoms with van der Waals surface area (Å²) in [4.78, 5) is 0. The van der Waals surface area contributed by atoms with Gasteiger partial charge in [-0.1, -0.05) is 92.7 Å². The van der Waals surface area contributed by atoms with Crippen LogP contribution in [0.5, 0.6) is 11.5 Å². The quantitative estimate of drug-likeness (QED) is 0.237. The third-order valence-electron chi connectivity index (χ3n) is 8.21. The van der Waals surface area contributed by atoms with Crippen molar-refractivity contribution in [1.82, 2.24) is 0 Å². The summed E-state index contributed by atoms with van der Waals surface area (Å²) in [5, 5.41) is 5.07. The molecule has 36 heavy (non-hydrogen) atoms. The normalized spacial score (nSPS) is 14.3. The van der Waals surface area contributed by atoms with E-state index in [1.54, 1.807) is 0 Å². The van der Waals surface area contributed by atoms with Gasteiger partial charge in [-0.25, -0.2) is 0 Å². The fourth-order valence-corrected chi connectivity index (χ4v) is 6.53. The lowest BCUT2D eigenvalue weighted by Crippen LogP contribution is -2.15. The fraction of sp³-hybridized carbons (Fsp3) is 0.0857. The van der Waals surface area contributed by atoms with Crippen LogP contribution in [0.1, 0.15) is 25.0 Å². The molecule has 1 nitrogen and oxygen atoms in total. The zero-order valence-corrected chi connectivity index (χ0v) is 20.3. The molecule has 6 aromatic carbocycles. The molecule has 0 unspecified atom stereocenters. The van der Waals surface area contributed by atoms with Gasteiger partial charge < -0.3 is 4.74 Å². The van der Waals surface area contributed by atoms with E-state index in [1.807, 2.05) is 6.07 Å². The number of hydrogen-bond donors (Lipinski definition) is 0. The van der Waals surface area contributed by atoms with Crippen molar-refractivity contribution in [1.29, 1.82) is 0 Å². The molecule has 0 atom stereocenters. The van der Waals surface area contributed by atoms with Crippen molar-refractivity contribution >= 4 is 21.5 Å². The van der Waals surface area contributed by atoms with Crippen LogP contribution in [0.4, 0.5) is 0 Å². The lowest BCUT2D eigenvalue weighted by atomic mass is 9.79. The van der Waals surface area contributed by atoms with Gasteiger partial charge in [0.25, 0.3) is 0 Å². The standard InChI is InChI=1S/C35H24O/c1-35(2)30-20-22(15-16-26(30)28-17-14-21-8-3-4-10-25(21)34(28)35)24-18-23-9-7-13-32-33(23)29(19-24)27-11-5-6-12-31(27)36-32/h3-20H,1-2H3. The van der Waals surface area contributed by atoms with Gasteiger partial charge >= 0.3 is 0 Å². The Morgan fingerprint density at radius 1 is 0.528 bits per heavy atom. The molecule has 1 heterocycles. The van der Waals surface area contributed by atoms with Crippen LogP contribution < -0.4 is 4.74 Å². The summed E-state index contributed by atoms with van der Waals surface area (Å²) in [5.74, 6) is 1.86. The number of benzene rings is 6. The molecule has 1 aliphatic carbocycles. The van der Waals surface area contributed by atoms with E-state index in [9.17, 15) is 0 Å². The van der Waals surface area contributed by atoms with Gasteiger partial charge in [-0.2, -0.15) is 0 Å². The molecule has 0 aromatic heterocycles. The summed E-state index contributed by atoms with van der Waals surface area (Å²) >= 11 is 0. The summed E-state index contributed by atoms with van der Waals surface area (Å²) in [6.45, 7) is 4.75. The fourth-order valence-electron chi connectivity index (χ4n) is 6.53. The maximum atomic E-state index is 6.25. The van der Waals surface area contributed by atoms with Crippen LogP contribution >= 0.6 is 0 Å². The van der Waals surface area contributed by atoms with Gasteiger partial charge in [0.05, 0.1) is 0 Å². The van der Waals surface area contributed by atoms with E-state index in [1.165, 1.54) is 60.5 Å². The number of ether oxygens (including phenoxy) is 1. The Kier molecular flexibility index (Phi) is 3.79. The molecule has 6 aromatic rings. The van der Waals surface area contributed by atoms with E-state index in [2.05, 4.69) is 117 Å². The number of fused-ring (bicyclic) bond motifs is 7. The summed E-state index contributed by atoms with van der Waals surface area (Å²) in [7, 11) is 0. The van der Waals surface area contributed by atoms with Crippen LogP contribution in [-0.2, 0) is 5.41 Å². The van der Waals surface area contributed by atoms with Crippen molar-refractivity contribution in [2.45, 2.75) is 19.3 Å². The van der Waals surface area contributed by atoms with Crippen LogP contribution in [0.3, 0.4) is 0 Å². The number of rotatable bonds is 1. The van der Waals surface area contributed by atoms with Gasteiger partial charge in [-0.3, -0.25) is 0 Å². The van der Waals surface area contributed by atoms with E-state index >= 15 is 0 Å². The molecule has 0 radical (unpaired) electrons. The topological polar surface area (TPSA) is 9.23 Å². The Morgan fingerprint density at radius 3 is 2.25 bits per heavy atom. The average molecular weight is 461 g/mol. The Hall–Kier alpha value is -4.36. The van der Waals surface area contributed by atoms with Gasteiger partial charge in [0, 0.05) is 16.4 Å². The summed E-state index contributed by atoms with van der Waals surface area (Å²) < 4.78 is 6.25. The van der Waals surface area contributed by atoms with Crippen LogP contribution in [-0.4, -0.2) is 0 Å². The van der Waals surface area contributed by atoms with Gasteiger partial charge in [-0.15, -0.1) is 0 Å². The van der Waals surface area contributed by atoms with Gasteiger partial charge in [-0.05, 0) is 85.4 Å². The van der Waals surface area contributed by atoms with Crippen LogP contribution in [0.25, 0.3) is 54.9 Å². The third-order valence-corrected chi connectivity index (χ3v) is 8.21. The zero-order chi connectivity index (χ0) is 24.0. The predicted octanol–water partition coefficient (Wildman–Crippen LogP) is 9.74. The molecule has 1 heteroatoms. The molecule has 0 bridgehead atoms. The average Bonchev–Trinajstić information content (AvgIpc) is 3.15. The Labute approximate surface area is 210 Å². The van der Waals surface area contributed by atoms with Gasteiger partial charge in [0.2, 0.25) is 0 Å². The molecule has 0 fully saturated rings. The highest BCUT2D eigenvalue weighted by Gasteiger charge is 2.37. The van der Waals surface area contributed by atoms with Crippen LogP contribution in [0.2, 0.25) is 0 Å². The molecule has 1 aliphatic heterocycles. The van der Waals surface area contributed by atoms with Crippen molar-refractivity contribution in [2.75, 3.05) is 0 Å². The first-order valence-corrected chi connectivity index (χ1v) is 12.6. The molecule has 0 saturated carbocycles. The number of para-hydroxylation sites is 1. The highest BCUT2D eigenvalue weighted by Crippen LogP contribution is 2.53. The molecule has 0 saturated heterocycles. The Bertz CT molecular complexity index is 1890. The Balaban J connectivity index is 1.36. The molecule has 0 spiro atoms. The molecule has 0 N–H and O–H groups in total. The lowest BCUT2D eigenvalue weighted by molar-refractivity contribution is 0.487. The first-order valence-electron chi connectivity index (χ1n) is 12.6. The SMILES string of the molecule is CC1(C)c2cc(-c3cc4c5c(cccc5c3)Oc3ccccc3-4)ccc2-c2ccc3ccccc3c21. The summed E-state index contributed by atoms with van der Waals surface area (Å²) in [5.41, 5.74) is 10.4. The van der Waals surface area contributed by atoms with E-state index in [0.717, 1.165) is 17.1 Å². The van der Waals surface area contributed by atoms with E-state index < -0.39 is 0 Å². The molecule has 0 amide bonds. The molecule has 170 valence electrons. The minimum absolute atomic E-state index is 0.0692. The molecule has 2 aliphatic rings. The van der Waals surface area contributed by atoms with Gasteiger partial charge in [0.15, 0.2) is 0 Å². The summed E-state index contributed by atoms with van der Waals surface area (Å²) in [6.07, 6.45) is 0. The van der Waals surface area contributed by atoms with Crippen molar-refractivity contribution < 1.29 is 4.74 Å². The smallest absolute Gasteiger partial charge is 0.135 e. The van der Waals surface area contributed by atoms with E-state index in [4.69, 9.17) is 4.74 Å². The Morgan fingerprint density at radius 2 is 1.31 bits per heavy atom. The molecular weight excluding hydrogens is 436 g/mol. The maximum Gasteiger partial charge on any atom is 0.135 e. The van der Waals surface area contributed by atoms with Gasteiger partial charge in [0.1, 0.15) is 11.5 Å². The third kappa shape index (κ3) is 2.55. The van der Waals surface area contributed by atoms with E-state index in [0.29, 0.717) is 0 Å². The monoisotopic (exact) mass is 460 g/mol. The second-order valence-corrected chi connectivity index (χ2v) is 10.6. The van der Waals surface area contributed by atoms with Crippen LogP contribution in [0, 0.1) is 0 Å². The molecule has 8 rings (SSSR count). The first kappa shape index (κ1) is 19.9. The molecular formula is C35H24O. The minimum atomic E-state index is -0.0692. The minimum Gasteiger partial charge on any atom is -0.456 e. The highest BCUT2D eigenvalue weighted by atomic mass is 16.5. The van der Waals surface area contributed by atoms with Crippen molar-refractivity contribution in [2.24, 2.45) is 0 Å². The van der Waals surface area contributed by atoms with Crippen molar-refractivity contribution in [3.05, 3.63) is 120 Å². The van der Waals surface area contributed by atoms with Crippen molar-refractivity contribution in [3.8, 4) is 44.9 Å². The largest absolute Gasteiger partial charge is 0.456 e. The maximum absolute atomic E-state index is 6.25. The first-order chi connectivity index (χ1) is 17.6. The van der Waals surface area contributed by atoms with E-state index in [-0.39, 0.29) is 5.41 Å². The van der Waals surface area contributed by atoms with Crippen LogP contribution in [0.15, 0.2) is 109 Å². The highest BCUT2D eigenvalue weighted by molar-refractivity contribution is 6.06. The second kappa shape index (κ2) is 6.86. The number of hydrogen-bond acceptors (Lipinski definition) is 1. The predicted molar refractivity (Wildman–Crippen MR) is 150 cm³/mol. The second-order valence-electron chi connectivity index (χ2n) is 10.6. The lowest BCUT2D eigenvalue weighted by Gasteiger charge is -2.24.